The summed E-state index contributed by atoms with van der Waals surface area (Å²) >= 11 is 0. The van der Waals surface area contributed by atoms with E-state index in [-0.39, 0.29) is 11.9 Å². The van der Waals surface area contributed by atoms with Crippen LogP contribution in [0, 0.1) is 6.92 Å². The van der Waals surface area contributed by atoms with Crippen LogP contribution in [-0.2, 0) is 7.05 Å². The van der Waals surface area contributed by atoms with E-state index in [1.807, 2.05) is 6.92 Å². The number of carbonyl (C=O) groups excluding carboxylic acids is 1. The zero-order chi connectivity index (χ0) is 13.1. The number of aryl methyl sites for hydroxylation is 2. The van der Waals surface area contributed by atoms with Gasteiger partial charge in [0.25, 0.3) is 5.91 Å². The third kappa shape index (κ3) is 2.90. The number of nitrogens with zero attached hydrogens (tertiary/aromatic N) is 2. The lowest BCUT2D eigenvalue weighted by Crippen LogP contribution is -2.43. The number of amides is 1. The Kier molecular flexibility index (Phi) is 4.01. The fraction of sp³-hybridized carbons (Fsp3) is 0.692. The van der Waals surface area contributed by atoms with Crippen molar-refractivity contribution >= 4 is 5.91 Å². The molecule has 1 saturated carbocycles. The van der Waals surface area contributed by atoms with Crippen LogP contribution in [0.15, 0.2) is 6.07 Å². The van der Waals surface area contributed by atoms with Crippen LogP contribution in [0.2, 0.25) is 0 Å². The normalized spacial score (nSPS) is 24.6. The molecular weight excluding hydrogens is 230 g/mol. The van der Waals surface area contributed by atoms with Crippen LogP contribution in [0.25, 0.3) is 0 Å². The minimum absolute atomic E-state index is 0.129. The first-order valence-corrected chi connectivity index (χ1v) is 6.57. The van der Waals surface area contributed by atoms with Gasteiger partial charge in [-0.25, -0.2) is 0 Å². The van der Waals surface area contributed by atoms with E-state index in [0.29, 0.717) is 5.69 Å². The molecule has 1 amide bonds. The Morgan fingerprint density at radius 1 is 1.44 bits per heavy atom. The van der Waals surface area contributed by atoms with Crippen molar-refractivity contribution in [3.63, 3.8) is 0 Å². The molecule has 1 aromatic rings. The van der Waals surface area contributed by atoms with Crippen LogP contribution in [0.1, 0.15) is 48.3 Å². The van der Waals surface area contributed by atoms with Gasteiger partial charge < -0.3 is 10.4 Å². The van der Waals surface area contributed by atoms with Gasteiger partial charge in [0.15, 0.2) is 0 Å². The molecule has 0 saturated heterocycles. The van der Waals surface area contributed by atoms with Gasteiger partial charge in [-0.3, -0.25) is 9.48 Å². The second kappa shape index (κ2) is 5.52. The number of hydrogen-bond donors (Lipinski definition) is 2. The molecule has 2 rings (SSSR count). The van der Waals surface area contributed by atoms with Crippen LogP contribution in [-0.4, -0.2) is 32.9 Å². The molecule has 1 aliphatic carbocycles. The molecule has 2 unspecified atom stereocenters. The van der Waals surface area contributed by atoms with Crippen molar-refractivity contribution in [2.75, 3.05) is 0 Å². The second-order valence-corrected chi connectivity index (χ2v) is 5.08. The first-order valence-electron chi connectivity index (χ1n) is 6.57. The van der Waals surface area contributed by atoms with Crippen molar-refractivity contribution < 1.29 is 9.90 Å². The molecule has 0 radical (unpaired) electrons. The minimum atomic E-state index is -0.425. The summed E-state index contributed by atoms with van der Waals surface area (Å²) in [5.41, 5.74) is 1.37. The summed E-state index contributed by atoms with van der Waals surface area (Å²) in [5.74, 6) is -0.149. The zero-order valence-electron chi connectivity index (χ0n) is 11.0. The molecule has 100 valence electrons. The fourth-order valence-corrected chi connectivity index (χ4v) is 2.52. The van der Waals surface area contributed by atoms with Crippen molar-refractivity contribution in [2.45, 2.75) is 51.2 Å². The van der Waals surface area contributed by atoms with E-state index in [2.05, 4.69) is 10.4 Å². The summed E-state index contributed by atoms with van der Waals surface area (Å²) in [4.78, 5) is 12.1. The first kappa shape index (κ1) is 13.1. The third-order valence-corrected chi connectivity index (χ3v) is 3.53. The molecule has 5 nitrogen and oxygen atoms in total. The summed E-state index contributed by atoms with van der Waals surface area (Å²) in [6.07, 6.45) is 4.43. The molecular formula is C13H21N3O2. The predicted octanol–water partition coefficient (Wildman–Crippen LogP) is 1.15. The monoisotopic (exact) mass is 251 g/mol. The number of rotatable bonds is 2. The SMILES string of the molecule is Cc1cc(C(=O)NC2CCCCCC2O)n(C)n1. The number of nitrogens with one attached hydrogen (secondary N) is 1. The Bertz CT molecular complexity index is 428. The number of aromatic nitrogens is 2. The Morgan fingerprint density at radius 2 is 2.17 bits per heavy atom. The number of aliphatic hydroxyl groups is 1. The van der Waals surface area contributed by atoms with E-state index in [1.165, 1.54) is 0 Å². The van der Waals surface area contributed by atoms with Gasteiger partial charge >= 0.3 is 0 Å². The van der Waals surface area contributed by atoms with Gasteiger partial charge in [0.1, 0.15) is 5.69 Å². The molecule has 0 aromatic carbocycles. The topological polar surface area (TPSA) is 67.2 Å². The molecule has 18 heavy (non-hydrogen) atoms. The summed E-state index contributed by atoms with van der Waals surface area (Å²) in [7, 11) is 1.76. The predicted molar refractivity (Wildman–Crippen MR) is 68.3 cm³/mol. The maximum Gasteiger partial charge on any atom is 0.269 e. The van der Waals surface area contributed by atoms with E-state index in [0.717, 1.165) is 37.8 Å². The smallest absolute Gasteiger partial charge is 0.269 e. The van der Waals surface area contributed by atoms with Crippen molar-refractivity contribution in [2.24, 2.45) is 7.05 Å². The fourth-order valence-electron chi connectivity index (χ4n) is 2.52. The third-order valence-electron chi connectivity index (χ3n) is 3.53. The van der Waals surface area contributed by atoms with Gasteiger partial charge in [0.05, 0.1) is 17.8 Å². The Morgan fingerprint density at radius 3 is 2.83 bits per heavy atom. The van der Waals surface area contributed by atoms with Gasteiger partial charge in [-0.1, -0.05) is 19.3 Å². The number of aliphatic hydroxyl groups excluding tert-OH is 1. The number of hydrogen-bond acceptors (Lipinski definition) is 3. The first-order chi connectivity index (χ1) is 8.58. The summed E-state index contributed by atoms with van der Waals surface area (Å²) in [5, 5.41) is 17.1. The van der Waals surface area contributed by atoms with E-state index in [1.54, 1.807) is 17.8 Å². The van der Waals surface area contributed by atoms with E-state index < -0.39 is 6.10 Å². The molecule has 1 aromatic heterocycles. The molecule has 1 fully saturated rings. The van der Waals surface area contributed by atoms with Gasteiger partial charge in [0.2, 0.25) is 0 Å². The lowest BCUT2D eigenvalue weighted by Gasteiger charge is -2.21. The van der Waals surface area contributed by atoms with Crippen molar-refractivity contribution in [3.8, 4) is 0 Å². The molecule has 0 aliphatic heterocycles. The van der Waals surface area contributed by atoms with Crippen LogP contribution in [0.5, 0.6) is 0 Å². The molecule has 5 heteroatoms. The Balaban J connectivity index is 2.04. The average Bonchev–Trinajstić information content (AvgIpc) is 2.52. The van der Waals surface area contributed by atoms with Gasteiger partial charge in [0, 0.05) is 7.05 Å². The highest BCUT2D eigenvalue weighted by Crippen LogP contribution is 2.18. The van der Waals surface area contributed by atoms with E-state index >= 15 is 0 Å². The molecule has 2 atom stereocenters. The van der Waals surface area contributed by atoms with Gasteiger partial charge in [-0.15, -0.1) is 0 Å². The second-order valence-electron chi connectivity index (χ2n) is 5.08. The standard InChI is InChI=1S/C13H21N3O2/c1-9-8-11(16(2)15-9)13(18)14-10-6-4-3-5-7-12(10)17/h8,10,12,17H,3-7H2,1-2H3,(H,14,18). The van der Waals surface area contributed by atoms with Crippen molar-refractivity contribution in [1.82, 2.24) is 15.1 Å². The van der Waals surface area contributed by atoms with Crippen molar-refractivity contribution in [1.29, 1.82) is 0 Å². The quantitative estimate of drug-likeness (QED) is 0.775. The lowest BCUT2D eigenvalue weighted by molar-refractivity contribution is 0.0810. The van der Waals surface area contributed by atoms with Crippen LogP contribution in [0.3, 0.4) is 0 Å². The Labute approximate surface area is 107 Å². The number of carbonyl (C=O) groups is 1. The maximum absolute atomic E-state index is 12.1. The van der Waals surface area contributed by atoms with E-state index in [9.17, 15) is 9.90 Å². The van der Waals surface area contributed by atoms with Crippen LogP contribution < -0.4 is 5.32 Å². The summed E-state index contributed by atoms with van der Waals surface area (Å²) < 4.78 is 1.58. The molecule has 1 aliphatic rings. The summed E-state index contributed by atoms with van der Waals surface area (Å²) in [6.45, 7) is 1.86. The highest BCUT2D eigenvalue weighted by Gasteiger charge is 2.24. The van der Waals surface area contributed by atoms with Gasteiger partial charge in [-0.05, 0) is 25.8 Å². The van der Waals surface area contributed by atoms with E-state index in [4.69, 9.17) is 0 Å². The Hall–Kier alpha value is -1.36. The largest absolute Gasteiger partial charge is 0.391 e. The zero-order valence-corrected chi connectivity index (χ0v) is 11.0. The summed E-state index contributed by atoms with van der Waals surface area (Å²) in [6, 6.07) is 1.63. The molecule has 2 N–H and O–H groups in total. The molecule has 0 spiro atoms. The van der Waals surface area contributed by atoms with Crippen molar-refractivity contribution in [3.05, 3.63) is 17.5 Å². The average molecular weight is 251 g/mol. The van der Waals surface area contributed by atoms with Gasteiger partial charge in [-0.2, -0.15) is 5.10 Å². The highest BCUT2D eigenvalue weighted by atomic mass is 16.3. The van der Waals surface area contributed by atoms with Crippen LogP contribution in [0.4, 0.5) is 0 Å². The van der Waals surface area contributed by atoms with Crippen LogP contribution >= 0.6 is 0 Å². The molecule has 1 heterocycles. The lowest BCUT2D eigenvalue weighted by atomic mass is 10.1. The highest BCUT2D eigenvalue weighted by molar-refractivity contribution is 5.92. The minimum Gasteiger partial charge on any atom is -0.391 e. The molecule has 0 bridgehead atoms. The maximum atomic E-state index is 12.1.